The number of aryl methyl sites for hydroxylation is 2. The number of aromatic carboxylic acids is 1. The van der Waals surface area contributed by atoms with Crippen LogP contribution in [0.2, 0.25) is 0 Å². The van der Waals surface area contributed by atoms with Crippen LogP contribution in [0.25, 0.3) is 0 Å². The molecule has 2 aromatic carbocycles. The molecule has 0 aliphatic rings. The minimum absolute atomic E-state index is 0.171. The van der Waals surface area contributed by atoms with Gasteiger partial charge in [-0.05, 0) is 50.6 Å². The number of carboxylic acids is 1. The van der Waals surface area contributed by atoms with Gasteiger partial charge >= 0.3 is 5.97 Å². The van der Waals surface area contributed by atoms with E-state index in [4.69, 9.17) is 5.11 Å². The molecule has 0 saturated carbocycles. The molecule has 0 fully saturated rings. The number of anilines is 1. The second-order valence-corrected chi connectivity index (χ2v) is 5.17. The highest BCUT2D eigenvalue weighted by Crippen LogP contribution is 2.21. The van der Waals surface area contributed by atoms with Crippen LogP contribution in [-0.4, -0.2) is 11.1 Å². The van der Waals surface area contributed by atoms with Gasteiger partial charge in [-0.3, -0.25) is 0 Å². The molecule has 3 nitrogen and oxygen atoms in total. The van der Waals surface area contributed by atoms with Gasteiger partial charge in [0.15, 0.2) is 0 Å². The number of carbonyl (C=O) groups is 1. The zero-order valence-electron chi connectivity index (χ0n) is 12.0. The van der Waals surface area contributed by atoms with Crippen molar-refractivity contribution in [3.8, 4) is 0 Å². The number of hydrogen-bond acceptors (Lipinski definition) is 2. The summed E-state index contributed by atoms with van der Waals surface area (Å²) in [5.74, 6) is -0.904. The van der Waals surface area contributed by atoms with Crippen LogP contribution >= 0.6 is 0 Å². The van der Waals surface area contributed by atoms with Crippen molar-refractivity contribution >= 4 is 11.7 Å². The van der Waals surface area contributed by atoms with E-state index in [1.165, 1.54) is 16.7 Å². The summed E-state index contributed by atoms with van der Waals surface area (Å²) in [6.45, 7) is 6.27. The standard InChI is InChI=1S/C17H19NO2/c1-11-8-12(2)10-15(9-11)13(3)18-16-6-4-14(5-7-16)17(19)20/h4-10,13,18H,1-3H3,(H,19,20). The minimum atomic E-state index is -0.904. The van der Waals surface area contributed by atoms with Crippen molar-refractivity contribution in [3.63, 3.8) is 0 Å². The molecule has 2 N–H and O–H groups in total. The Balaban J connectivity index is 2.14. The van der Waals surface area contributed by atoms with Gasteiger partial charge in [0.25, 0.3) is 0 Å². The van der Waals surface area contributed by atoms with E-state index in [0.717, 1.165) is 5.69 Å². The molecule has 0 aliphatic heterocycles. The first-order chi connectivity index (χ1) is 9.45. The lowest BCUT2D eigenvalue weighted by molar-refractivity contribution is 0.0697. The number of nitrogens with one attached hydrogen (secondary N) is 1. The Morgan fingerprint density at radius 2 is 1.60 bits per heavy atom. The molecule has 2 aromatic rings. The summed E-state index contributed by atoms with van der Waals surface area (Å²) < 4.78 is 0. The Morgan fingerprint density at radius 3 is 2.10 bits per heavy atom. The van der Waals surface area contributed by atoms with E-state index in [-0.39, 0.29) is 6.04 Å². The van der Waals surface area contributed by atoms with Crippen LogP contribution in [-0.2, 0) is 0 Å². The topological polar surface area (TPSA) is 49.3 Å². The largest absolute Gasteiger partial charge is 0.478 e. The second-order valence-electron chi connectivity index (χ2n) is 5.17. The Hall–Kier alpha value is -2.29. The van der Waals surface area contributed by atoms with E-state index in [1.807, 2.05) is 0 Å². The van der Waals surface area contributed by atoms with Crippen LogP contribution in [0.15, 0.2) is 42.5 Å². The molecule has 0 spiro atoms. The minimum Gasteiger partial charge on any atom is -0.478 e. The number of hydrogen-bond donors (Lipinski definition) is 2. The van der Waals surface area contributed by atoms with E-state index >= 15 is 0 Å². The average molecular weight is 269 g/mol. The van der Waals surface area contributed by atoms with Crippen LogP contribution in [0.4, 0.5) is 5.69 Å². The number of benzene rings is 2. The monoisotopic (exact) mass is 269 g/mol. The Kier molecular flexibility index (Phi) is 4.08. The van der Waals surface area contributed by atoms with Crippen molar-refractivity contribution in [3.05, 3.63) is 64.7 Å². The van der Waals surface area contributed by atoms with Crippen molar-refractivity contribution in [1.29, 1.82) is 0 Å². The Morgan fingerprint density at radius 1 is 1.05 bits per heavy atom. The van der Waals surface area contributed by atoms with Crippen molar-refractivity contribution in [2.24, 2.45) is 0 Å². The molecular weight excluding hydrogens is 250 g/mol. The fourth-order valence-electron chi connectivity index (χ4n) is 2.30. The van der Waals surface area contributed by atoms with Gasteiger partial charge in [0, 0.05) is 11.7 Å². The molecule has 0 radical (unpaired) electrons. The third-order valence-corrected chi connectivity index (χ3v) is 3.26. The number of carboxylic acid groups (broad SMARTS) is 1. The normalized spacial score (nSPS) is 11.9. The molecule has 1 atom stereocenters. The molecule has 0 amide bonds. The molecule has 0 heterocycles. The SMILES string of the molecule is Cc1cc(C)cc(C(C)Nc2ccc(C(=O)O)cc2)c1. The zero-order valence-corrected chi connectivity index (χ0v) is 12.0. The third kappa shape index (κ3) is 3.38. The van der Waals surface area contributed by atoms with E-state index in [0.29, 0.717) is 5.56 Å². The van der Waals surface area contributed by atoms with Crippen molar-refractivity contribution in [1.82, 2.24) is 0 Å². The highest BCUT2D eigenvalue weighted by molar-refractivity contribution is 5.88. The summed E-state index contributed by atoms with van der Waals surface area (Å²) in [5.41, 5.74) is 4.94. The maximum absolute atomic E-state index is 10.8. The number of rotatable bonds is 4. The summed E-state index contributed by atoms with van der Waals surface area (Å²) in [6, 6.07) is 13.5. The highest BCUT2D eigenvalue weighted by Gasteiger charge is 2.07. The fourth-order valence-corrected chi connectivity index (χ4v) is 2.30. The second kappa shape index (κ2) is 5.78. The fraction of sp³-hybridized carbons (Fsp3) is 0.235. The first-order valence-electron chi connectivity index (χ1n) is 6.64. The van der Waals surface area contributed by atoms with Gasteiger partial charge in [-0.1, -0.05) is 29.3 Å². The van der Waals surface area contributed by atoms with Gasteiger partial charge in [0.1, 0.15) is 0 Å². The van der Waals surface area contributed by atoms with Crippen LogP contribution < -0.4 is 5.32 Å². The first kappa shape index (κ1) is 14.1. The molecule has 1 unspecified atom stereocenters. The molecule has 104 valence electrons. The van der Waals surface area contributed by atoms with Crippen LogP contribution in [0, 0.1) is 13.8 Å². The van der Waals surface area contributed by atoms with Crippen molar-refractivity contribution in [2.75, 3.05) is 5.32 Å². The smallest absolute Gasteiger partial charge is 0.335 e. The lowest BCUT2D eigenvalue weighted by Gasteiger charge is -2.17. The van der Waals surface area contributed by atoms with Gasteiger partial charge in [-0.15, -0.1) is 0 Å². The lowest BCUT2D eigenvalue weighted by Crippen LogP contribution is -2.07. The van der Waals surface area contributed by atoms with Crippen molar-refractivity contribution < 1.29 is 9.90 Å². The zero-order chi connectivity index (χ0) is 14.7. The predicted octanol–water partition coefficient (Wildman–Crippen LogP) is 4.17. The first-order valence-corrected chi connectivity index (χ1v) is 6.64. The van der Waals surface area contributed by atoms with E-state index in [2.05, 4.69) is 44.3 Å². The molecule has 0 aliphatic carbocycles. The molecule has 0 saturated heterocycles. The summed E-state index contributed by atoms with van der Waals surface area (Å²) in [6.07, 6.45) is 0. The highest BCUT2D eigenvalue weighted by atomic mass is 16.4. The third-order valence-electron chi connectivity index (χ3n) is 3.26. The van der Waals surface area contributed by atoms with Crippen molar-refractivity contribution in [2.45, 2.75) is 26.8 Å². The maximum Gasteiger partial charge on any atom is 0.335 e. The molecule has 0 bridgehead atoms. The molecule has 2 rings (SSSR count). The van der Waals surface area contributed by atoms with E-state index < -0.39 is 5.97 Å². The van der Waals surface area contributed by atoms with Gasteiger partial charge in [0.2, 0.25) is 0 Å². The van der Waals surface area contributed by atoms with Crippen LogP contribution in [0.5, 0.6) is 0 Å². The maximum atomic E-state index is 10.8. The van der Waals surface area contributed by atoms with Gasteiger partial charge in [0.05, 0.1) is 5.56 Å². The lowest BCUT2D eigenvalue weighted by atomic mass is 10.0. The van der Waals surface area contributed by atoms with Gasteiger partial charge in [-0.25, -0.2) is 4.79 Å². The van der Waals surface area contributed by atoms with E-state index in [1.54, 1.807) is 24.3 Å². The van der Waals surface area contributed by atoms with Gasteiger partial charge in [-0.2, -0.15) is 0 Å². The van der Waals surface area contributed by atoms with Crippen LogP contribution in [0.3, 0.4) is 0 Å². The quantitative estimate of drug-likeness (QED) is 0.875. The molecule has 3 heteroatoms. The van der Waals surface area contributed by atoms with E-state index in [9.17, 15) is 4.79 Å². The summed E-state index contributed by atoms with van der Waals surface area (Å²) >= 11 is 0. The molecule has 0 aromatic heterocycles. The predicted molar refractivity (Wildman–Crippen MR) is 81.4 cm³/mol. The Bertz CT molecular complexity index is 597. The summed E-state index contributed by atoms with van der Waals surface area (Å²) in [7, 11) is 0. The summed E-state index contributed by atoms with van der Waals surface area (Å²) in [4.78, 5) is 10.8. The molecular formula is C17H19NO2. The summed E-state index contributed by atoms with van der Waals surface area (Å²) in [5, 5.41) is 12.3. The molecule has 20 heavy (non-hydrogen) atoms. The Labute approximate surface area is 119 Å². The average Bonchev–Trinajstić information content (AvgIpc) is 2.38. The van der Waals surface area contributed by atoms with Crippen LogP contribution in [0.1, 0.15) is 40.0 Å². The van der Waals surface area contributed by atoms with Gasteiger partial charge < -0.3 is 10.4 Å².